The zero-order chi connectivity index (χ0) is 9.84. The van der Waals surface area contributed by atoms with Crippen molar-refractivity contribution < 1.29 is 5.11 Å². The third-order valence-corrected chi connectivity index (χ3v) is 1.75. The Kier molecular flexibility index (Phi) is 2.89. The topological polar surface area (TPSA) is 92.0 Å². The van der Waals surface area contributed by atoms with Gasteiger partial charge in [-0.25, -0.2) is 0 Å². The summed E-state index contributed by atoms with van der Waals surface area (Å²) in [7, 11) is 0. The van der Waals surface area contributed by atoms with E-state index < -0.39 is 5.56 Å². The number of nitrogens with zero attached hydrogens (tertiary/aromatic N) is 1. The lowest BCUT2D eigenvalue weighted by molar-refractivity contribution is 0.450. The first kappa shape index (κ1) is 9.57. The van der Waals surface area contributed by atoms with Crippen LogP contribution >= 0.6 is 0 Å². The predicted octanol–water partition coefficient (Wildman–Crippen LogP) is 0.400. The number of hydrogen-bond donors (Lipinski definition) is 3. The SMILES string of the molecule is CCCCc1nc(O)c(N)c(=O)[nH]1. The molecule has 0 aliphatic rings. The number of anilines is 1. The monoisotopic (exact) mass is 183 g/mol. The highest BCUT2D eigenvalue weighted by atomic mass is 16.3. The second-order valence-corrected chi connectivity index (χ2v) is 2.85. The standard InChI is InChI=1S/C8H13N3O2/c1-2-3-4-5-10-7(12)6(9)8(13)11-5/h2-4,9H2,1H3,(H2,10,11,12,13). The molecule has 0 amide bonds. The molecule has 0 radical (unpaired) electrons. The van der Waals surface area contributed by atoms with Crippen molar-refractivity contribution in [1.82, 2.24) is 9.97 Å². The van der Waals surface area contributed by atoms with Gasteiger partial charge in [0.1, 0.15) is 5.82 Å². The van der Waals surface area contributed by atoms with E-state index in [1.54, 1.807) is 0 Å². The lowest BCUT2D eigenvalue weighted by Gasteiger charge is -2.01. The van der Waals surface area contributed by atoms with Gasteiger partial charge in [-0.15, -0.1) is 0 Å². The van der Waals surface area contributed by atoms with Crippen LogP contribution in [0.5, 0.6) is 5.88 Å². The van der Waals surface area contributed by atoms with E-state index in [9.17, 15) is 4.79 Å². The minimum absolute atomic E-state index is 0.222. The van der Waals surface area contributed by atoms with E-state index in [0.717, 1.165) is 12.8 Å². The molecular formula is C8H13N3O2. The summed E-state index contributed by atoms with van der Waals surface area (Å²) in [5.74, 6) is 0.105. The number of hydrogen-bond acceptors (Lipinski definition) is 4. The lowest BCUT2D eigenvalue weighted by Crippen LogP contribution is -2.15. The number of rotatable bonds is 3. The van der Waals surface area contributed by atoms with Crippen LogP contribution in [0.1, 0.15) is 25.6 Å². The van der Waals surface area contributed by atoms with Crippen LogP contribution in [0.3, 0.4) is 0 Å². The van der Waals surface area contributed by atoms with Gasteiger partial charge in [0.25, 0.3) is 5.56 Å². The molecule has 0 fully saturated rings. The van der Waals surface area contributed by atoms with Gasteiger partial charge in [-0.05, 0) is 6.42 Å². The molecule has 72 valence electrons. The van der Waals surface area contributed by atoms with Gasteiger partial charge in [0.15, 0.2) is 5.69 Å². The zero-order valence-corrected chi connectivity index (χ0v) is 7.50. The maximum atomic E-state index is 11.0. The number of aromatic nitrogens is 2. The van der Waals surface area contributed by atoms with Gasteiger partial charge < -0.3 is 15.8 Å². The Morgan fingerprint density at radius 3 is 2.85 bits per heavy atom. The molecule has 5 nitrogen and oxygen atoms in total. The molecule has 0 unspecified atom stereocenters. The van der Waals surface area contributed by atoms with Crippen molar-refractivity contribution in [2.45, 2.75) is 26.2 Å². The van der Waals surface area contributed by atoms with Crippen LogP contribution in [0.4, 0.5) is 5.69 Å². The van der Waals surface area contributed by atoms with Crippen LogP contribution in [0.15, 0.2) is 4.79 Å². The van der Waals surface area contributed by atoms with E-state index in [0.29, 0.717) is 12.2 Å². The Morgan fingerprint density at radius 1 is 1.62 bits per heavy atom. The molecule has 0 spiro atoms. The van der Waals surface area contributed by atoms with Crippen molar-refractivity contribution >= 4 is 5.69 Å². The minimum atomic E-state index is -0.474. The number of aromatic hydroxyl groups is 1. The third-order valence-electron chi connectivity index (χ3n) is 1.75. The molecular weight excluding hydrogens is 170 g/mol. The number of H-pyrrole nitrogens is 1. The van der Waals surface area contributed by atoms with Crippen LogP contribution in [0.2, 0.25) is 0 Å². The molecule has 0 saturated carbocycles. The summed E-state index contributed by atoms with van der Waals surface area (Å²) in [5.41, 5.74) is 4.53. The quantitative estimate of drug-likeness (QED) is 0.632. The average Bonchev–Trinajstić information content (AvgIpc) is 2.10. The van der Waals surface area contributed by atoms with E-state index in [-0.39, 0.29) is 11.6 Å². The number of aromatic amines is 1. The highest BCUT2D eigenvalue weighted by Crippen LogP contribution is 2.10. The normalized spacial score (nSPS) is 10.2. The fourth-order valence-corrected chi connectivity index (χ4v) is 0.979. The van der Waals surface area contributed by atoms with E-state index >= 15 is 0 Å². The molecule has 1 aromatic heterocycles. The Hall–Kier alpha value is -1.52. The van der Waals surface area contributed by atoms with Gasteiger partial charge in [0, 0.05) is 6.42 Å². The molecule has 0 aliphatic heterocycles. The summed E-state index contributed by atoms with van der Waals surface area (Å²) < 4.78 is 0. The largest absolute Gasteiger partial charge is 0.492 e. The van der Waals surface area contributed by atoms with Gasteiger partial charge in [0.05, 0.1) is 0 Å². The fourth-order valence-electron chi connectivity index (χ4n) is 0.979. The minimum Gasteiger partial charge on any atom is -0.492 e. The van der Waals surface area contributed by atoms with Crippen molar-refractivity contribution in [3.05, 3.63) is 16.2 Å². The van der Waals surface area contributed by atoms with Crippen LogP contribution in [-0.2, 0) is 6.42 Å². The molecule has 4 N–H and O–H groups in total. The van der Waals surface area contributed by atoms with E-state index in [1.807, 2.05) is 6.92 Å². The number of aryl methyl sites for hydroxylation is 1. The molecule has 0 atom stereocenters. The summed E-state index contributed by atoms with van der Waals surface area (Å²) in [6.45, 7) is 2.04. The Labute approximate surface area is 75.6 Å². The fraction of sp³-hybridized carbons (Fsp3) is 0.500. The third kappa shape index (κ3) is 2.21. The van der Waals surface area contributed by atoms with Gasteiger partial charge in [-0.1, -0.05) is 13.3 Å². The summed E-state index contributed by atoms with van der Waals surface area (Å²) in [5, 5.41) is 9.12. The maximum Gasteiger partial charge on any atom is 0.278 e. The van der Waals surface area contributed by atoms with Gasteiger partial charge in [0.2, 0.25) is 5.88 Å². The highest BCUT2D eigenvalue weighted by molar-refractivity contribution is 5.44. The first-order chi connectivity index (χ1) is 6.15. The van der Waals surface area contributed by atoms with Crippen molar-refractivity contribution in [3.63, 3.8) is 0 Å². The van der Waals surface area contributed by atoms with Crippen LogP contribution in [0, 0.1) is 0 Å². The first-order valence-corrected chi connectivity index (χ1v) is 4.22. The van der Waals surface area contributed by atoms with Crippen molar-refractivity contribution in [2.75, 3.05) is 5.73 Å². The van der Waals surface area contributed by atoms with E-state index in [1.165, 1.54) is 0 Å². The smallest absolute Gasteiger partial charge is 0.278 e. The molecule has 13 heavy (non-hydrogen) atoms. The predicted molar refractivity (Wildman–Crippen MR) is 49.5 cm³/mol. The molecule has 0 saturated heterocycles. The summed E-state index contributed by atoms with van der Waals surface area (Å²) >= 11 is 0. The number of unbranched alkanes of at least 4 members (excludes halogenated alkanes) is 1. The lowest BCUT2D eigenvalue weighted by atomic mass is 10.2. The molecule has 1 rings (SSSR count). The van der Waals surface area contributed by atoms with Crippen molar-refractivity contribution in [3.8, 4) is 5.88 Å². The van der Waals surface area contributed by atoms with Crippen LogP contribution in [0.25, 0.3) is 0 Å². The summed E-state index contributed by atoms with van der Waals surface area (Å²) in [6.07, 6.45) is 2.58. The van der Waals surface area contributed by atoms with Crippen LogP contribution in [-0.4, -0.2) is 15.1 Å². The maximum absolute atomic E-state index is 11.0. The Balaban J connectivity index is 2.93. The second kappa shape index (κ2) is 3.93. The number of nitrogens with two attached hydrogens (primary N) is 1. The van der Waals surface area contributed by atoms with Crippen molar-refractivity contribution in [2.24, 2.45) is 0 Å². The van der Waals surface area contributed by atoms with Gasteiger partial charge in [-0.3, -0.25) is 4.79 Å². The number of nitrogens with one attached hydrogen (secondary N) is 1. The van der Waals surface area contributed by atoms with Gasteiger partial charge >= 0.3 is 0 Å². The van der Waals surface area contributed by atoms with E-state index in [2.05, 4.69) is 9.97 Å². The molecule has 1 heterocycles. The Morgan fingerprint density at radius 2 is 2.31 bits per heavy atom. The molecule has 0 bridgehead atoms. The summed E-state index contributed by atoms with van der Waals surface area (Å²) in [6, 6.07) is 0. The van der Waals surface area contributed by atoms with E-state index in [4.69, 9.17) is 10.8 Å². The first-order valence-electron chi connectivity index (χ1n) is 4.22. The molecule has 5 heteroatoms. The average molecular weight is 183 g/mol. The van der Waals surface area contributed by atoms with Crippen LogP contribution < -0.4 is 11.3 Å². The zero-order valence-electron chi connectivity index (χ0n) is 7.50. The van der Waals surface area contributed by atoms with Crippen molar-refractivity contribution in [1.29, 1.82) is 0 Å². The highest BCUT2D eigenvalue weighted by Gasteiger charge is 2.05. The molecule has 1 aromatic rings. The van der Waals surface area contributed by atoms with Gasteiger partial charge in [-0.2, -0.15) is 4.98 Å². The number of nitrogen functional groups attached to an aromatic ring is 1. The second-order valence-electron chi connectivity index (χ2n) is 2.85. The summed E-state index contributed by atoms with van der Waals surface area (Å²) in [4.78, 5) is 17.3. The Bertz CT molecular complexity index is 346. The molecule has 0 aromatic carbocycles. The molecule has 0 aliphatic carbocycles.